The van der Waals surface area contributed by atoms with Crippen molar-refractivity contribution < 1.29 is 23.1 Å². The molecule has 0 bridgehead atoms. The van der Waals surface area contributed by atoms with Crippen LogP contribution in [0.4, 0.5) is 0 Å². The van der Waals surface area contributed by atoms with Gasteiger partial charge >= 0.3 is 5.97 Å². The van der Waals surface area contributed by atoms with Gasteiger partial charge in [-0.1, -0.05) is 0 Å². The number of aromatic nitrogens is 2. The van der Waals surface area contributed by atoms with Crippen LogP contribution >= 0.6 is 0 Å². The highest BCUT2D eigenvalue weighted by molar-refractivity contribution is 7.90. The molecule has 9 heteroatoms. The average molecular weight is 289 g/mol. The molecule has 0 aliphatic heterocycles. The predicted octanol–water partition coefficient (Wildman–Crippen LogP) is -1.04. The molecule has 1 heterocycles. The number of carboxylic acids is 1. The number of imidazole rings is 1. The average Bonchev–Trinajstić information content (AvgIpc) is 2.77. The first-order valence-electron chi connectivity index (χ1n) is 5.45. The number of sulfone groups is 1. The molecular weight excluding hydrogens is 274 g/mol. The Hall–Kier alpha value is -1.90. The van der Waals surface area contributed by atoms with Gasteiger partial charge in [-0.25, -0.2) is 18.2 Å². The number of hydrogen-bond acceptors (Lipinski definition) is 5. The fourth-order valence-electron chi connectivity index (χ4n) is 1.36. The van der Waals surface area contributed by atoms with Gasteiger partial charge in [0.05, 0.1) is 12.1 Å². The second-order valence-corrected chi connectivity index (χ2v) is 6.38. The highest BCUT2D eigenvalue weighted by Gasteiger charge is 2.21. The van der Waals surface area contributed by atoms with E-state index in [2.05, 4.69) is 15.3 Å². The fraction of sp³-hybridized carbons (Fsp3) is 0.500. The van der Waals surface area contributed by atoms with E-state index in [1.54, 1.807) is 0 Å². The van der Waals surface area contributed by atoms with Crippen molar-refractivity contribution in [1.29, 1.82) is 0 Å². The molecule has 1 rings (SSSR count). The topological polar surface area (TPSA) is 129 Å². The van der Waals surface area contributed by atoms with Crippen molar-refractivity contribution in [3.05, 3.63) is 18.2 Å². The van der Waals surface area contributed by atoms with Gasteiger partial charge < -0.3 is 15.4 Å². The minimum Gasteiger partial charge on any atom is -0.480 e. The smallest absolute Gasteiger partial charge is 0.326 e. The molecule has 1 atom stereocenters. The zero-order chi connectivity index (χ0) is 14.5. The van der Waals surface area contributed by atoms with Gasteiger partial charge in [-0.3, -0.25) is 4.79 Å². The first-order chi connectivity index (χ1) is 8.78. The molecule has 0 spiro atoms. The SMILES string of the molecule is CS(=O)(=O)CCC(=O)N[C@H](Cc1cnc[nH]1)C(=O)O. The Labute approximate surface area is 110 Å². The number of aliphatic carboxylic acids is 1. The van der Waals surface area contributed by atoms with E-state index in [4.69, 9.17) is 5.11 Å². The number of H-pyrrole nitrogens is 1. The summed E-state index contributed by atoms with van der Waals surface area (Å²) in [5.74, 6) is -2.12. The molecule has 8 nitrogen and oxygen atoms in total. The van der Waals surface area contributed by atoms with Crippen molar-refractivity contribution in [2.75, 3.05) is 12.0 Å². The molecule has 0 aliphatic rings. The highest BCUT2D eigenvalue weighted by atomic mass is 32.2. The van der Waals surface area contributed by atoms with Gasteiger partial charge in [0, 0.05) is 31.0 Å². The Kier molecular flexibility index (Phi) is 5.04. The molecule has 106 valence electrons. The lowest BCUT2D eigenvalue weighted by molar-refractivity contribution is -0.141. The summed E-state index contributed by atoms with van der Waals surface area (Å²) >= 11 is 0. The van der Waals surface area contributed by atoms with Gasteiger partial charge in [-0.05, 0) is 0 Å². The molecule has 1 aromatic heterocycles. The van der Waals surface area contributed by atoms with Gasteiger partial charge in [-0.2, -0.15) is 0 Å². The van der Waals surface area contributed by atoms with E-state index in [0.717, 1.165) is 6.26 Å². The van der Waals surface area contributed by atoms with E-state index in [9.17, 15) is 18.0 Å². The van der Waals surface area contributed by atoms with Gasteiger partial charge in [0.2, 0.25) is 5.91 Å². The van der Waals surface area contributed by atoms with Crippen LogP contribution in [0.25, 0.3) is 0 Å². The molecule has 0 saturated heterocycles. The number of rotatable bonds is 7. The zero-order valence-corrected chi connectivity index (χ0v) is 11.1. The van der Waals surface area contributed by atoms with E-state index >= 15 is 0 Å². The number of carbonyl (C=O) groups excluding carboxylic acids is 1. The first-order valence-corrected chi connectivity index (χ1v) is 7.51. The zero-order valence-electron chi connectivity index (χ0n) is 10.3. The molecule has 19 heavy (non-hydrogen) atoms. The number of amides is 1. The van der Waals surface area contributed by atoms with E-state index in [0.29, 0.717) is 5.69 Å². The van der Waals surface area contributed by atoms with Crippen LogP contribution in [0, 0.1) is 0 Å². The van der Waals surface area contributed by atoms with Gasteiger partial charge in [0.25, 0.3) is 0 Å². The maximum Gasteiger partial charge on any atom is 0.326 e. The first kappa shape index (κ1) is 15.2. The molecule has 0 radical (unpaired) electrons. The molecular formula is C10H15N3O5S. The molecule has 0 aliphatic carbocycles. The quantitative estimate of drug-likeness (QED) is 0.587. The monoisotopic (exact) mass is 289 g/mol. The van der Waals surface area contributed by atoms with Crippen LogP contribution in [0.2, 0.25) is 0 Å². The van der Waals surface area contributed by atoms with Crippen molar-refractivity contribution in [3.8, 4) is 0 Å². The lowest BCUT2D eigenvalue weighted by Crippen LogP contribution is -2.42. The number of nitrogens with one attached hydrogen (secondary N) is 2. The second-order valence-electron chi connectivity index (χ2n) is 4.12. The maximum atomic E-state index is 11.5. The van der Waals surface area contributed by atoms with Crippen LogP contribution in [-0.2, 0) is 25.8 Å². The third-order valence-electron chi connectivity index (χ3n) is 2.31. The Morgan fingerprint density at radius 3 is 2.68 bits per heavy atom. The summed E-state index contributed by atoms with van der Waals surface area (Å²) in [6.07, 6.45) is 3.67. The van der Waals surface area contributed by atoms with Crippen LogP contribution in [0.15, 0.2) is 12.5 Å². The molecule has 0 aromatic carbocycles. The largest absolute Gasteiger partial charge is 0.480 e. The summed E-state index contributed by atoms with van der Waals surface area (Å²) in [5, 5.41) is 11.3. The third-order valence-corrected chi connectivity index (χ3v) is 3.26. The van der Waals surface area contributed by atoms with Gasteiger partial charge in [-0.15, -0.1) is 0 Å². The molecule has 0 fully saturated rings. The van der Waals surface area contributed by atoms with Crippen LogP contribution < -0.4 is 5.32 Å². The summed E-state index contributed by atoms with van der Waals surface area (Å²) < 4.78 is 21.8. The highest BCUT2D eigenvalue weighted by Crippen LogP contribution is 2.00. The summed E-state index contributed by atoms with van der Waals surface area (Å²) in [5.41, 5.74) is 0.566. The molecule has 0 unspecified atom stereocenters. The number of carboxylic acid groups (broad SMARTS) is 1. The number of nitrogens with zero attached hydrogens (tertiary/aromatic N) is 1. The van der Waals surface area contributed by atoms with Crippen molar-refractivity contribution >= 4 is 21.7 Å². The Morgan fingerprint density at radius 1 is 1.53 bits per heavy atom. The van der Waals surface area contributed by atoms with Gasteiger partial charge in [0.1, 0.15) is 15.9 Å². The second kappa shape index (κ2) is 6.32. The van der Waals surface area contributed by atoms with Crippen LogP contribution in [0.3, 0.4) is 0 Å². The summed E-state index contributed by atoms with van der Waals surface area (Å²) in [6.45, 7) is 0. The molecule has 1 aromatic rings. The lowest BCUT2D eigenvalue weighted by atomic mass is 10.1. The van der Waals surface area contributed by atoms with E-state index in [1.807, 2.05) is 0 Å². The Bertz CT molecular complexity index is 538. The predicted molar refractivity (Wildman–Crippen MR) is 66.2 cm³/mol. The summed E-state index contributed by atoms with van der Waals surface area (Å²) in [7, 11) is -3.25. The third kappa shape index (κ3) is 6.00. The molecule has 1 amide bonds. The Morgan fingerprint density at radius 2 is 2.21 bits per heavy atom. The van der Waals surface area contributed by atoms with Gasteiger partial charge in [0.15, 0.2) is 0 Å². The van der Waals surface area contributed by atoms with Crippen molar-refractivity contribution in [2.45, 2.75) is 18.9 Å². The van der Waals surface area contributed by atoms with Crippen LogP contribution in [0.5, 0.6) is 0 Å². The fourth-order valence-corrected chi connectivity index (χ4v) is 1.92. The standard InChI is InChI=1S/C10H15N3O5S/c1-19(17,18)3-2-9(14)13-8(10(15)16)4-7-5-11-6-12-7/h5-6,8H,2-4H2,1H3,(H,11,12)(H,13,14)(H,15,16)/t8-/m1/s1. The summed E-state index contributed by atoms with van der Waals surface area (Å²) in [4.78, 5) is 28.9. The lowest BCUT2D eigenvalue weighted by Gasteiger charge is -2.13. The molecule has 0 saturated carbocycles. The number of carbonyl (C=O) groups is 2. The Balaban J connectivity index is 2.54. The summed E-state index contributed by atoms with van der Waals surface area (Å²) in [6, 6.07) is -1.12. The van der Waals surface area contributed by atoms with E-state index in [-0.39, 0.29) is 18.6 Å². The minimum absolute atomic E-state index is 0.0555. The number of aromatic amines is 1. The van der Waals surface area contributed by atoms with Crippen LogP contribution in [0.1, 0.15) is 12.1 Å². The van der Waals surface area contributed by atoms with Crippen molar-refractivity contribution in [1.82, 2.24) is 15.3 Å². The number of hydrogen-bond donors (Lipinski definition) is 3. The molecule has 3 N–H and O–H groups in total. The minimum atomic E-state index is -3.25. The van der Waals surface area contributed by atoms with Crippen LogP contribution in [-0.4, -0.2) is 53.4 Å². The van der Waals surface area contributed by atoms with Crippen molar-refractivity contribution in [3.63, 3.8) is 0 Å². The van der Waals surface area contributed by atoms with E-state index < -0.39 is 27.8 Å². The maximum absolute atomic E-state index is 11.5. The normalized spacial score (nSPS) is 12.9. The van der Waals surface area contributed by atoms with E-state index in [1.165, 1.54) is 12.5 Å². The van der Waals surface area contributed by atoms with Crippen molar-refractivity contribution in [2.24, 2.45) is 0 Å².